The molecule has 6 heteroatoms. The Morgan fingerprint density at radius 1 is 1.25 bits per heavy atom. The summed E-state index contributed by atoms with van der Waals surface area (Å²) >= 11 is 0. The number of rotatable bonds is 6. The largest absolute Gasteiger partial charge is 0.378 e. The van der Waals surface area contributed by atoms with E-state index < -0.39 is 5.54 Å². The fourth-order valence-electron chi connectivity index (χ4n) is 4.22. The maximum absolute atomic E-state index is 12.8. The van der Waals surface area contributed by atoms with E-state index in [0.29, 0.717) is 19.6 Å². The number of carbonyl (C=O) groups is 1. The van der Waals surface area contributed by atoms with Crippen molar-refractivity contribution in [2.24, 2.45) is 11.1 Å². The summed E-state index contributed by atoms with van der Waals surface area (Å²) in [6.07, 6.45) is 6.73. The normalized spacial score (nSPS) is 31.0. The number of carbonyl (C=O) groups excluding carboxylic acids is 1. The minimum atomic E-state index is -0.824. The maximum Gasteiger partial charge on any atom is 0.240 e. The van der Waals surface area contributed by atoms with Crippen molar-refractivity contribution < 1.29 is 9.53 Å². The summed E-state index contributed by atoms with van der Waals surface area (Å²) in [4.78, 5) is 15.1. The summed E-state index contributed by atoms with van der Waals surface area (Å²) in [5.74, 6) is -0.0229. The first kappa shape index (κ1) is 21.7. The highest BCUT2D eigenvalue weighted by Gasteiger charge is 2.62. The van der Waals surface area contributed by atoms with Gasteiger partial charge in [-0.05, 0) is 33.9 Å². The predicted molar refractivity (Wildman–Crippen MR) is 100 cm³/mol. The van der Waals surface area contributed by atoms with E-state index in [9.17, 15) is 4.79 Å². The number of likely N-dealkylation sites (N-methyl/N-ethyl adjacent to an activating group) is 1. The molecule has 0 heterocycles. The highest BCUT2D eigenvalue weighted by molar-refractivity contribution is 5.88. The van der Waals surface area contributed by atoms with Crippen LogP contribution in [-0.2, 0) is 9.53 Å². The maximum atomic E-state index is 12.8. The van der Waals surface area contributed by atoms with Gasteiger partial charge in [0.15, 0.2) is 0 Å². The van der Waals surface area contributed by atoms with Gasteiger partial charge in [0.2, 0.25) is 5.91 Å². The topological polar surface area (TPSA) is 67.6 Å². The Kier molecular flexibility index (Phi) is 7.13. The van der Waals surface area contributed by atoms with E-state index in [2.05, 4.69) is 24.3 Å². The molecule has 0 aliphatic heterocycles. The smallest absolute Gasteiger partial charge is 0.240 e. The average Bonchev–Trinajstić information content (AvgIpc) is 2.52. The number of nitrogens with zero attached hydrogens (tertiary/aromatic N) is 1. The molecule has 0 radical (unpaired) electrons. The van der Waals surface area contributed by atoms with Gasteiger partial charge < -0.3 is 20.7 Å². The molecule has 0 aromatic heterocycles. The lowest BCUT2D eigenvalue weighted by molar-refractivity contribution is -0.171. The Hall–Kier alpha value is -0.360. The highest BCUT2D eigenvalue weighted by Crippen LogP contribution is 2.49. The second kappa shape index (κ2) is 7.90. The lowest BCUT2D eigenvalue weighted by Gasteiger charge is -2.57. The molecular formula is C18H36ClN3O2. The predicted octanol–water partition coefficient (Wildman–Crippen LogP) is 2.32. The third-order valence-corrected chi connectivity index (χ3v) is 6.55. The number of amides is 1. The van der Waals surface area contributed by atoms with E-state index in [0.717, 1.165) is 12.8 Å². The fourth-order valence-corrected chi connectivity index (χ4v) is 4.22. The van der Waals surface area contributed by atoms with Crippen molar-refractivity contribution in [2.45, 2.75) is 76.5 Å². The molecule has 0 bridgehead atoms. The second-order valence-electron chi connectivity index (χ2n) is 8.20. The Balaban J connectivity index is 0.00000288. The van der Waals surface area contributed by atoms with Gasteiger partial charge in [-0.2, -0.15) is 0 Å². The average molecular weight is 362 g/mol. The van der Waals surface area contributed by atoms with Gasteiger partial charge in [-0.3, -0.25) is 4.79 Å². The van der Waals surface area contributed by atoms with Gasteiger partial charge in [-0.1, -0.05) is 33.1 Å². The highest BCUT2D eigenvalue weighted by atomic mass is 35.5. The Labute approximate surface area is 153 Å². The molecule has 0 spiro atoms. The van der Waals surface area contributed by atoms with Gasteiger partial charge in [-0.25, -0.2) is 0 Å². The molecule has 0 aromatic carbocycles. The van der Waals surface area contributed by atoms with Crippen LogP contribution < -0.4 is 11.1 Å². The Morgan fingerprint density at radius 3 is 2.29 bits per heavy atom. The van der Waals surface area contributed by atoms with Crippen LogP contribution in [0.3, 0.4) is 0 Å². The first-order valence-corrected chi connectivity index (χ1v) is 9.06. The summed E-state index contributed by atoms with van der Waals surface area (Å²) in [6, 6.07) is 0. The number of hydrogen-bond acceptors (Lipinski definition) is 4. The van der Waals surface area contributed by atoms with Gasteiger partial charge in [0.05, 0.1) is 6.10 Å². The van der Waals surface area contributed by atoms with Gasteiger partial charge >= 0.3 is 0 Å². The summed E-state index contributed by atoms with van der Waals surface area (Å²) in [5, 5.41) is 3.17. The van der Waals surface area contributed by atoms with E-state index in [1.807, 2.05) is 20.8 Å². The first-order chi connectivity index (χ1) is 10.7. The van der Waals surface area contributed by atoms with Crippen LogP contribution in [-0.4, -0.2) is 55.2 Å². The summed E-state index contributed by atoms with van der Waals surface area (Å²) in [6.45, 7) is 7.41. The second-order valence-corrected chi connectivity index (χ2v) is 8.20. The van der Waals surface area contributed by atoms with Crippen molar-refractivity contribution in [1.29, 1.82) is 0 Å². The van der Waals surface area contributed by atoms with E-state index in [1.165, 1.54) is 19.3 Å². The van der Waals surface area contributed by atoms with Crippen LogP contribution in [0.25, 0.3) is 0 Å². The zero-order valence-electron chi connectivity index (χ0n) is 16.0. The Morgan fingerprint density at radius 2 is 1.83 bits per heavy atom. The van der Waals surface area contributed by atoms with Crippen LogP contribution >= 0.6 is 12.4 Å². The molecule has 2 saturated carbocycles. The summed E-state index contributed by atoms with van der Waals surface area (Å²) < 4.78 is 5.72. The molecule has 1 amide bonds. The third kappa shape index (κ3) is 3.59. The monoisotopic (exact) mass is 361 g/mol. The van der Waals surface area contributed by atoms with Crippen molar-refractivity contribution in [3.05, 3.63) is 0 Å². The minimum Gasteiger partial charge on any atom is -0.378 e. The number of ether oxygens (including phenoxy) is 1. The van der Waals surface area contributed by atoms with Crippen molar-refractivity contribution in [1.82, 2.24) is 10.2 Å². The molecule has 2 aliphatic rings. The first-order valence-electron chi connectivity index (χ1n) is 9.06. The number of hydrogen-bond donors (Lipinski definition) is 2. The molecule has 142 valence electrons. The van der Waals surface area contributed by atoms with E-state index in [4.69, 9.17) is 10.5 Å². The van der Waals surface area contributed by atoms with Gasteiger partial charge in [0, 0.05) is 30.5 Å². The van der Waals surface area contributed by atoms with E-state index in [-0.39, 0.29) is 35.4 Å². The molecule has 2 aliphatic carbocycles. The molecule has 2 fully saturated rings. The van der Waals surface area contributed by atoms with E-state index in [1.54, 1.807) is 0 Å². The quantitative estimate of drug-likeness (QED) is 0.761. The van der Waals surface area contributed by atoms with Crippen molar-refractivity contribution in [3.8, 4) is 0 Å². The zero-order valence-corrected chi connectivity index (χ0v) is 16.8. The zero-order chi connectivity index (χ0) is 17.3. The molecule has 2 atom stereocenters. The van der Waals surface area contributed by atoms with Crippen LogP contribution in [0.15, 0.2) is 0 Å². The van der Waals surface area contributed by atoms with Crippen LogP contribution in [0.4, 0.5) is 0 Å². The fraction of sp³-hybridized carbons (Fsp3) is 0.944. The Bertz CT molecular complexity index is 436. The third-order valence-electron chi connectivity index (χ3n) is 6.55. The lowest BCUT2D eigenvalue weighted by atomic mass is 9.54. The summed E-state index contributed by atoms with van der Waals surface area (Å²) in [7, 11) is 4.24. The molecule has 0 aromatic rings. The lowest BCUT2D eigenvalue weighted by Crippen LogP contribution is -2.76. The molecule has 2 rings (SSSR count). The molecular weight excluding hydrogens is 326 g/mol. The molecule has 3 N–H and O–H groups in total. The van der Waals surface area contributed by atoms with Gasteiger partial charge in [0.25, 0.3) is 0 Å². The SMILES string of the molecule is CCOC1CC(N)(C(=O)NCC2(N(C)C)CCCCC2)C1(C)C.Cl. The van der Waals surface area contributed by atoms with E-state index >= 15 is 0 Å². The standard InChI is InChI=1S/C18H35N3O2.ClH/c1-6-23-14-12-18(19,16(14,2)3)15(22)20-13-17(21(4)5)10-8-7-9-11-17;/h14H,6-13,19H2,1-5H3,(H,20,22);1H. The van der Waals surface area contributed by atoms with Gasteiger partial charge in [0.1, 0.15) is 5.54 Å². The van der Waals surface area contributed by atoms with Crippen molar-refractivity contribution in [2.75, 3.05) is 27.2 Å². The molecule has 5 nitrogen and oxygen atoms in total. The van der Waals surface area contributed by atoms with Crippen LogP contribution in [0.1, 0.15) is 59.3 Å². The summed E-state index contributed by atoms with van der Waals surface area (Å²) in [5.41, 5.74) is 5.40. The molecule has 0 saturated heterocycles. The molecule has 2 unspecified atom stereocenters. The van der Waals surface area contributed by atoms with Crippen LogP contribution in [0, 0.1) is 5.41 Å². The minimum absolute atomic E-state index is 0. The number of halogens is 1. The van der Waals surface area contributed by atoms with Crippen molar-refractivity contribution in [3.63, 3.8) is 0 Å². The van der Waals surface area contributed by atoms with Crippen LogP contribution in [0.5, 0.6) is 0 Å². The number of nitrogens with two attached hydrogens (primary N) is 1. The molecule has 24 heavy (non-hydrogen) atoms. The number of nitrogens with one attached hydrogen (secondary N) is 1. The van der Waals surface area contributed by atoms with Gasteiger partial charge in [-0.15, -0.1) is 12.4 Å². The van der Waals surface area contributed by atoms with Crippen LogP contribution in [0.2, 0.25) is 0 Å². The van der Waals surface area contributed by atoms with Crippen molar-refractivity contribution >= 4 is 18.3 Å².